The number of para-hydroxylation sites is 1. The Morgan fingerprint density at radius 1 is 1.33 bits per heavy atom. The molecule has 0 bridgehead atoms. The summed E-state index contributed by atoms with van der Waals surface area (Å²) < 4.78 is 11.8. The van der Waals surface area contributed by atoms with Gasteiger partial charge in [-0.25, -0.2) is 4.98 Å². The van der Waals surface area contributed by atoms with Gasteiger partial charge in [-0.15, -0.1) is 0 Å². The highest BCUT2D eigenvalue weighted by molar-refractivity contribution is 6.01. The van der Waals surface area contributed by atoms with Crippen LogP contribution in [0.15, 0.2) is 47.0 Å². The van der Waals surface area contributed by atoms with Crippen LogP contribution >= 0.6 is 0 Å². The number of nitrogens with zero attached hydrogens (tertiary/aromatic N) is 2. The second kappa shape index (κ2) is 7.33. The summed E-state index contributed by atoms with van der Waals surface area (Å²) in [6, 6.07) is 9.65. The van der Waals surface area contributed by atoms with Crippen molar-refractivity contribution in [1.29, 1.82) is 5.41 Å². The normalized spacial score (nSPS) is 15.0. The fraction of sp³-hybridized carbons (Fsp3) is 0.261. The molecule has 0 radical (unpaired) electrons. The second-order valence-corrected chi connectivity index (χ2v) is 7.90. The Bertz CT molecular complexity index is 1180. The summed E-state index contributed by atoms with van der Waals surface area (Å²) in [7, 11) is 1.74. The number of fused-ring (bicyclic) bond motifs is 2. The van der Waals surface area contributed by atoms with E-state index in [1.165, 1.54) is 6.08 Å². The summed E-state index contributed by atoms with van der Waals surface area (Å²) in [5.74, 6) is 1.94. The number of anilines is 1. The minimum absolute atomic E-state index is 0.145. The lowest BCUT2D eigenvalue weighted by molar-refractivity contribution is -0.125. The van der Waals surface area contributed by atoms with E-state index in [2.05, 4.69) is 10.3 Å². The monoisotopic (exact) mass is 404 g/mol. The summed E-state index contributed by atoms with van der Waals surface area (Å²) in [6.45, 7) is 6.01. The summed E-state index contributed by atoms with van der Waals surface area (Å²) in [5.41, 5.74) is 1.86. The number of aryl methyl sites for hydroxylation is 1. The van der Waals surface area contributed by atoms with Crippen LogP contribution in [0.1, 0.15) is 30.7 Å². The van der Waals surface area contributed by atoms with Crippen LogP contribution in [-0.2, 0) is 11.3 Å². The average molecular weight is 404 g/mol. The van der Waals surface area contributed by atoms with Crippen molar-refractivity contribution >= 4 is 34.6 Å². The number of carbonyl (C=O) groups is 1. The molecular weight excluding hydrogens is 380 g/mol. The maximum atomic E-state index is 12.6. The van der Waals surface area contributed by atoms with Gasteiger partial charge in [0.05, 0.1) is 6.54 Å². The lowest BCUT2D eigenvalue weighted by atomic mass is 10.1. The first-order chi connectivity index (χ1) is 14.2. The molecule has 1 amide bonds. The van der Waals surface area contributed by atoms with Crippen molar-refractivity contribution < 1.29 is 13.9 Å². The summed E-state index contributed by atoms with van der Waals surface area (Å²) in [5, 5.41) is 12.0. The molecule has 3 aromatic rings. The quantitative estimate of drug-likeness (QED) is 0.630. The Kier molecular flexibility index (Phi) is 4.81. The number of benzene rings is 1. The number of likely N-dealkylation sites (N-methyl/N-ethyl adjacent to an activating group) is 1. The number of amidine groups is 1. The fourth-order valence-electron chi connectivity index (χ4n) is 3.28. The molecule has 0 unspecified atom stereocenters. The maximum Gasteiger partial charge on any atom is 0.246 e. The smallest absolute Gasteiger partial charge is 0.246 e. The van der Waals surface area contributed by atoms with Crippen molar-refractivity contribution in [2.75, 3.05) is 12.4 Å². The van der Waals surface area contributed by atoms with Crippen molar-refractivity contribution in [1.82, 2.24) is 9.88 Å². The van der Waals surface area contributed by atoms with Gasteiger partial charge >= 0.3 is 0 Å². The summed E-state index contributed by atoms with van der Waals surface area (Å²) >= 11 is 0. The molecule has 7 heteroatoms. The Hall–Kier alpha value is -3.61. The molecule has 4 rings (SSSR count). The number of nitrogens with one attached hydrogen (secondary N) is 2. The molecule has 7 nitrogen and oxygen atoms in total. The zero-order valence-electron chi connectivity index (χ0n) is 17.4. The number of aromatic nitrogens is 1. The predicted octanol–water partition coefficient (Wildman–Crippen LogP) is 4.37. The third-order valence-corrected chi connectivity index (χ3v) is 5.20. The molecule has 1 aliphatic rings. The second-order valence-electron chi connectivity index (χ2n) is 7.90. The fourth-order valence-corrected chi connectivity index (χ4v) is 3.28. The maximum absolute atomic E-state index is 12.6. The number of rotatable bonds is 4. The van der Waals surface area contributed by atoms with E-state index < -0.39 is 5.60 Å². The minimum atomic E-state index is -0.752. The molecule has 2 N–H and O–H groups in total. The molecule has 0 spiro atoms. The molecule has 3 heterocycles. The van der Waals surface area contributed by atoms with Crippen molar-refractivity contribution in [2.45, 2.75) is 32.9 Å². The van der Waals surface area contributed by atoms with Crippen LogP contribution in [0.3, 0.4) is 0 Å². The molecule has 0 atom stereocenters. The number of hydrogen-bond donors (Lipinski definition) is 2. The third-order valence-electron chi connectivity index (χ3n) is 5.20. The number of ether oxygens (including phenoxy) is 1. The molecular formula is C23H24N4O3. The van der Waals surface area contributed by atoms with Gasteiger partial charge in [0.15, 0.2) is 17.2 Å². The zero-order valence-corrected chi connectivity index (χ0v) is 17.4. The molecule has 0 aliphatic carbocycles. The van der Waals surface area contributed by atoms with E-state index in [0.717, 1.165) is 27.9 Å². The molecule has 2 aromatic heterocycles. The number of pyridine rings is 1. The van der Waals surface area contributed by atoms with Gasteiger partial charge in [0.1, 0.15) is 17.2 Å². The Balaban J connectivity index is 1.47. The van der Waals surface area contributed by atoms with Crippen LogP contribution in [0.25, 0.3) is 17.0 Å². The molecule has 1 aliphatic heterocycles. The number of furan rings is 1. The first-order valence-electron chi connectivity index (χ1n) is 9.70. The van der Waals surface area contributed by atoms with Crippen LogP contribution in [-0.4, -0.2) is 34.3 Å². The van der Waals surface area contributed by atoms with Crippen LogP contribution in [0, 0.1) is 12.3 Å². The van der Waals surface area contributed by atoms with Crippen molar-refractivity contribution in [3.05, 3.63) is 59.5 Å². The van der Waals surface area contributed by atoms with E-state index in [1.807, 2.05) is 45.0 Å². The Labute approximate surface area is 174 Å². The van der Waals surface area contributed by atoms with Gasteiger partial charge in [-0.2, -0.15) is 0 Å². The molecule has 0 saturated carbocycles. The van der Waals surface area contributed by atoms with Gasteiger partial charge in [-0.05, 0) is 44.5 Å². The SMILES string of the molecule is Cc1c(CN(C)C(=O)/C=C/c2cnc3c(c2)OC(C)(C)C(=N)N3)oc2ccccc12. The van der Waals surface area contributed by atoms with Crippen molar-refractivity contribution in [3.63, 3.8) is 0 Å². The first-order valence-corrected chi connectivity index (χ1v) is 9.70. The zero-order chi connectivity index (χ0) is 21.5. The summed E-state index contributed by atoms with van der Waals surface area (Å²) in [6.07, 6.45) is 4.84. The van der Waals surface area contributed by atoms with Crippen LogP contribution in [0.5, 0.6) is 5.75 Å². The van der Waals surface area contributed by atoms with Gasteiger partial charge < -0.3 is 19.4 Å². The van der Waals surface area contributed by atoms with Crippen LogP contribution < -0.4 is 10.1 Å². The van der Waals surface area contributed by atoms with E-state index in [9.17, 15) is 4.79 Å². The third kappa shape index (κ3) is 3.66. The van der Waals surface area contributed by atoms with Gasteiger partial charge in [0.25, 0.3) is 0 Å². The van der Waals surface area contributed by atoms with E-state index >= 15 is 0 Å². The van der Waals surface area contributed by atoms with Gasteiger partial charge in [0, 0.05) is 30.3 Å². The molecule has 1 aromatic carbocycles. The molecule has 0 fully saturated rings. The van der Waals surface area contributed by atoms with E-state index in [4.69, 9.17) is 14.6 Å². The number of hydrogen-bond acceptors (Lipinski definition) is 5. The van der Waals surface area contributed by atoms with Gasteiger partial charge in [-0.3, -0.25) is 10.2 Å². The largest absolute Gasteiger partial charge is 0.476 e. The molecule has 154 valence electrons. The lowest BCUT2D eigenvalue weighted by Gasteiger charge is -2.33. The minimum Gasteiger partial charge on any atom is -0.476 e. The first kappa shape index (κ1) is 19.7. The van der Waals surface area contributed by atoms with E-state index in [1.54, 1.807) is 30.3 Å². The summed E-state index contributed by atoms with van der Waals surface area (Å²) in [4.78, 5) is 18.5. The Morgan fingerprint density at radius 2 is 2.10 bits per heavy atom. The highest BCUT2D eigenvalue weighted by Gasteiger charge is 2.32. The standard InChI is InChI=1S/C23H24N4O3/c1-14-16-7-5-6-8-17(16)29-19(14)13-27(4)20(28)10-9-15-11-18-21(25-12-15)26-22(24)23(2,3)30-18/h5-12H,13H2,1-4H3,(H2,24,25,26)/b10-9+. The number of carbonyl (C=O) groups excluding carboxylic acids is 1. The van der Waals surface area contributed by atoms with Gasteiger partial charge in [0.2, 0.25) is 5.91 Å². The van der Waals surface area contributed by atoms with Crippen LogP contribution in [0.4, 0.5) is 5.82 Å². The average Bonchev–Trinajstić information content (AvgIpc) is 3.02. The molecule has 0 saturated heterocycles. The van der Waals surface area contributed by atoms with Crippen molar-refractivity contribution in [2.24, 2.45) is 0 Å². The molecule has 30 heavy (non-hydrogen) atoms. The van der Waals surface area contributed by atoms with Crippen LogP contribution in [0.2, 0.25) is 0 Å². The van der Waals surface area contributed by atoms with E-state index in [-0.39, 0.29) is 11.7 Å². The van der Waals surface area contributed by atoms with E-state index in [0.29, 0.717) is 18.1 Å². The lowest BCUT2D eigenvalue weighted by Crippen LogP contribution is -2.45. The Morgan fingerprint density at radius 3 is 2.87 bits per heavy atom. The predicted molar refractivity (Wildman–Crippen MR) is 117 cm³/mol. The van der Waals surface area contributed by atoms with Gasteiger partial charge in [-0.1, -0.05) is 18.2 Å². The van der Waals surface area contributed by atoms with Crippen molar-refractivity contribution in [3.8, 4) is 5.75 Å². The highest BCUT2D eigenvalue weighted by Crippen LogP contribution is 2.32. The number of amides is 1. The topological polar surface area (TPSA) is 91.5 Å². The highest BCUT2D eigenvalue weighted by atomic mass is 16.5.